The fourth-order valence-electron chi connectivity index (χ4n) is 3.02. The number of carboxylic acid groups (broad SMARTS) is 1. The Balaban J connectivity index is 1.70. The number of benzene rings is 1. The van der Waals surface area contributed by atoms with Crippen molar-refractivity contribution in [2.24, 2.45) is 11.8 Å². The molecule has 1 aromatic heterocycles. The van der Waals surface area contributed by atoms with E-state index in [2.05, 4.69) is 15.8 Å². The zero-order valence-electron chi connectivity index (χ0n) is 11.2. The van der Waals surface area contributed by atoms with E-state index in [0.717, 1.165) is 48.1 Å². The highest BCUT2D eigenvalue weighted by molar-refractivity contribution is 7.11. The van der Waals surface area contributed by atoms with Gasteiger partial charge in [-0.1, -0.05) is 25.0 Å². The molecule has 0 radical (unpaired) electrons. The first-order valence-electron chi connectivity index (χ1n) is 7.07. The number of aliphatic carboxylic acids is 1. The van der Waals surface area contributed by atoms with Gasteiger partial charge in [0.05, 0.1) is 11.4 Å². The second-order valence-electron chi connectivity index (χ2n) is 5.40. The van der Waals surface area contributed by atoms with Crippen LogP contribution >= 0.6 is 11.5 Å². The van der Waals surface area contributed by atoms with Crippen molar-refractivity contribution in [3.8, 4) is 0 Å². The van der Waals surface area contributed by atoms with Crippen LogP contribution in [0.15, 0.2) is 24.3 Å². The summed E-state index contributed by atoms with van der Waals surface area (Å²) in [5, 5.41) is 14.9. The molecule has 0 bridgehead atoms. The normalized spacial score (nSPS) is 22.8. The molecule has 2 N–H and O–H groups in total. The Bertz CT molecular complexity index is 611. The van der Waals surface area contributed by atoms with Gasteiger partial charge in [-0.2, -0.15) is 4.37 Å². The molecule has 0 amide bonds. The molecular formula is C15H18N2O2S. The maximum Gasteiger partial charge on any atom is 0.306 e. The molecule has 2 unspecified atom stereocenters. The third kappa shape index (κ3) is 2.63. The summed E-state index contributed by atoms with van der Waals surface area (Å²) in [4.78, 5) is 11.3. The lowest BCUT2D eigenvalue weighted by molar-refractivity contribution is -0.144. The lowest BCUT2D eigenvalue weighted by Gasteiger charge is -2.28. The van der Waals surface area contributed by atoms with Gasteiger partial charge < -0.3 is 10.4 Å². The summed E-state index contributed by atoms with van der Waals surface area (Å²) in [6, 6.07) is 8.03. The van der Waals surface area contributed by atoms with Gasteiger partial charge in [0.15, 0.2) is 0 Å². The Morgan fingerprint density at radius 1 is 1.35 bits per heavy atom. The van der Waals surface area contributed by atoms with Gasteiger partial charge in [-0.3, -0.25) is 4.79 Å². The van der Waals surface area contributed by atoms with Crippen molar-refractivity contribution in [2.45, 2.75) is 25.7 Å². The highest BCUT2D eigenvalue weighted by Crippen LogP contribution is 2.32. The van der Waals surface area contributed by atoms with Gasteiger partial charge in [0, 0.05) is 11.9 Å². The lowest BCUT2D eigenvalue weighted by Crippen LogP contribution is -2.31. The molecule has 1 aromatic carbocycles. The fourth-order valence-corrected chi connectivity index (χ4v) is 3.79. The minimum absolute atomic E-state index is 0.199. The first kappa shape index (κ1) is 13.4. The van der Waals surface area contributed by atoms with E-state index >= 15 is 0 Å². The van der Waals surface area contributed by atoms with Crippen LogP contribution in [0.4, 0.5) is 5.00 Å². The van der Waals surface area contributed by atoms with Crippen LogP contribution in [0.1, 0.15) is 25.7 Å². The number of anilines is 1. The average molecular weight is 290 g/mol. The summed E-state index contributed by atoms with van der Waals surface area (Å²) < 4.78 is 4.40. The van der Waals surface area contributed by atoms with Crippen molar-refractivity contribution >= 4 is 33.4 Å². The molecule has 1 fully saturated rings. The Labute approximate surface area is 122 Å². The molecule has 0 spiro atoms. The Morgan fingerprint density at radius 3 is 3.00 bits per heavy atom. The number of nitrogens with one attached hydrogen (secondary N) is 1. The average Bonchev–Trinajstić information content (AvgIpc) is 2.88. The molecular weight excluding hydrogens is 272 g/mol. The van der Waals surface area contributed by atoms with Gasteiger partial charge in [0.1, 0.15) is 5.00 Å². The maximum absolute atomic E-state index is 11.3. The number of carbonyl (C=O) groups is 1. The zero-order chi connectivity index (χ0) is 13.9. The highest BCUT2D eigenvalue weighted by atomic mass is 32.1. The second kappa shape index (κ2) is 5.79. The summed E-state index contributed by atoms with van der Waals surface area (Å²) in [6.07, 6.45) is 3.99. The largest absolute Gasteiger partial charge is 0.481 e. The van der Waals surface area contributed by atoms with E-state index < -0.39 is 5.97 Å². The number of hydrogen-bond donors (Lipinski definition) is 2. The first-order chi connectivity index (χ1) is 9.75. The van der Waals surface area contributed by atoms with Gasteiger partial charge in [0.25, 0.3) is 0 Å². The monoisotopic (exact) mass is 290 g/mol. The van der Waals surface area contributed by atoms with Crippen LogP contribution in [-0.4, -0.2) is 22.0 Å². The van der Waals surface area contributed by atoms with Crippen LogP contribution < -0.4 is 5.32 Å². The molecule has 2 aromatic rings. The van der Waals surface area contributed by atoms with Crippen molar-refractivity contribution < 1.29 is 9.90 Å². The predicted molar refractivity (Wildman–Crippen MR) is 81.2 cm³/mol. The molecule has 4 nitrogen and oxygen atoms in total. The van der Waals surface area contributed by atoms with Crippen molar-refractivity contribution in [1.82, 2.24) is 4.37 Å². The number of carboxylic acids is 1. The van der Waals surface area contributed by atoms with Crippen LogP contribution in [0, 0.1) is 11.8 Å². The quantitative estimate of drug-likeness (QED) is 0.903. The van der Waals surface area contributed by atoms with E-state index in [1.807, 2.05) is 18.2 Å². The molecule has 5 heteroatoms. The summed E-state index contributed by atoms with van der Waals surface area (Å²) in [5.74, 6) is -0.622. The van der Waals surface area contributed by atoms with Crippen LogP contribution in [0.2, 0.25) is 0 Å². The van der Waals surface area contributed by atoms with Gasteiger partial charge in [-0.15, -0.1) is 0 Å². The van der Waals surface area contributed by atoms with E-state index in [9.17, 15) is 9.90 Å². The van der Waals surface area contributed by atoms with Crippen LogP contribution in [0.3, 0.4) is 0 Å². The summed E-state index contributed by atoms with van der Waals surface area (Å²) in [5.41, 5.74) is 0.999. The molecule has 0 aliphatic heterocycles. The molecule has 1 saturated carbocycles. The molecule has 20 heavy (non-hydrogen) atoms. The summed E-state index contributed by atoms with van der Waals surface area (Å²) in [6.45, 7) is 0.725. The smallest absolute Gasteiger partial charge is 0.306 e. The molecule has 1 aliphatic rings. The van der Waals surface area contributed by atoms with E-state index in [1.54, 1.807) is 0 Å². The number of hydrogen-bond acceptors (Lipinski definition) is 4. The maximum atomic E-state index is 11.3. The van der Waals surface area contributed by atoms with E-state index in [4.69, 9.17) is 0 Å². The SMILES string of the molecule is O=C(O)C1CCCCC1CNc1snc2ccccc12. The van der Waals surface area contributed by atoms with Crippen LogP contribution in [0.5, 0.6) is 0 Å². The summed E-state index contributed by atoms with van der Waals surface area (Å²) >= 11 is 1.45. The third-order valence-electron chi connectivity index (χ3n) is 4.14. The van der Waals surface area contributed by atoms with Crippen molar-refractivity contribution in [1.29, 1.82) is 0 Å². The fraction of sp³-hybridized carbons (Fsp3) is 0.467. The highest BCUT2D eigenvalue weighted by Gasteiger charge is 2.30. The minimum atomic E-state index is -0.648. The zero-order valence-corrected chi connectivity index (χ0v) is 12.0. The van der Waals surface area contributed by atoms with Crippen molar-refractivity contribution in [3.63, 3.8) is 0 Å². The third-order valence-corrected chi connectivity index (χ3v) is 4.97. The van der Waals surface area contributed by atoms with Crippen molar-refractivity contribution in [2.75, 3.05) is 11.9 Å². The van der Waals surface area contributed by atoms with Gasteiger partial charge in [0.2, 0.25) is 0 Å². The topological polar surface area (TPSA) is 62.2 Å². The molecule has 1 heterocycles. The molecule has 3 rings (SSSR count). The van der Waals surface area contributed by atoms with Crippen LogP contribution in [0.25, 0.3) is 10.9 Å². The van der Waals surface area contributed by atoms with E-state index in [-0.39, 0.29) is 11.8 Å². The van der Waals surface area contributed by atoms with Crippen LogP contribution in [-0.2, 0) is 4.79 Å². The number of rotatable bonds is 4. The standard InChI is InChI=1S/C15H18N2O2S/c18-15(19)11-6-2-1-5-10(11)9-16-14-12-7-3-4-8-13(12)17-20-14/h3-4,7-8,10-11,16H,1-2,5-6,9H2,(H,18,19). The minimum Gasteiger partial charge on any atom is -0.481 e. The number of aromatic nitrogens is 1. The van der Waals surface area contributed by atoms with Gasteiger partial charge in [-0.05, 0) is 42.4 Å². The van der Waals surface area contributed by atoms with Gasteiger partial charge in [-0.25, -0.2) is 0 Å². The lowest BCUT2D eigenvalue weighted by atomic mass is 9.79. The first-order valence-corrected chi connectivity index (χ1v) is 7.84. The Morgan fingerprint density at radius 2 is 2.15 bits per heavy atom. The Hall–Kier alpha value is -1.62. The number of nitrogens with zero attached hydrogens (tertiary/aromatic N) is 1. The molecule has 106 valence electrons. The molecule has 1 aliphatic carbocycles. The summed E-state index contributed by atoms with van der Waals surface area (Å²) in [7, 11) is 0. The van der Waals surface area contributed by atoms with E-state index in [1.165, 1.54) is 11.5 Å². The second-order valence-corrected chi connectivity index (χ2v) is 6.17. The van der Waals surface area contributed by atoms with Crippen molar-refractivity contribution in [3.05, 3.63) is 24.3 Å². The molecule has 0 saturated heterocycles. The number of fused-ring (bicyclic) bond motifs is 1. The van der Waals surface area contributed by atoms with E-state index in [0.29, 0.717) is 0 Å². The Kier molecular flexibility index (Phi) is 3.87. The predicted octanol–water partition coefficient (Wildman–Crippen LogP) is 3.60. The molecule has 2 atom stereocenters. The van der Waals surface area contributed by atoms with Gasteiger partial charge >= 0.3 is 5.97 Å².